The summed E-state index contributed by atoms with van der Waals surface area (Å²) in [5, 5.41) is 2.86. The zero-order chi connectivity index (χ0) is 20.5. The van der Waals surface area contributed by atoms with E-state index in [1.807, 2.05) is 55.5 Å². The maximum atomic E-state index is 12.9. The van der Waals surface area contributed by atoms with E-state index in [0.29, 0.717) is 18.8 Å². The summed E-state index contributed by atoms with van der Waals surface area (Å²) in [5.41, 5.74) is 0.945. The SMILES string of the molecule is CCCNC(=O)[C@H](C)N(Cc1ccc(Br)cc1)C(=O)COc1ccc(I)cc1. The van der Waals surface area contributed by atoms with Crippen LogP contribution in [0.4, 0.5) is 0 Å². The third kappa shape index (κ3) is 7.09. The smallest absolute Gasteiger partial charge is 0.261 e. The van der Waals surface area contributed by atoms with E-state index < -0.39 is 6.04 Å². The highest BCUT2D eigenvalue weighted by molar-refractivity contribution is 14.1. The molecule has 0 aromatic heterocycles. The Balaban J connectivity index is 2.10. The number of ether oxygens (including phenoxy) is 1. The lowest BCUT2D eigenvalue weighted by atomic mass is 10.1. The highest BCUT2D eigenvalue weighted by Crippen LogP contribution is 2.16. The molecule has 0 saturated carbocycles. The molecule has 1 atom stereocenters. The summed E-state index contributed by atoms with van der Waals surface area (Å²) in [4.78, 5) is 26.9. The number of carbonyl (C=O) groups excluding carboxylic acids is 2. The Morgan fingerprint density at radius 1 is 1.14 bits per heavy atom. The van der Waals surface area contributed by atoms with E-state index in [-0.39, 0.29) is 18.4 Å². The zero-order valence-electron chi connectivity index (χ0n) is 16.0. The van der Waals surface area contributed by atoms with Crippen LogP contribution in [-0.4, -0.2) is 35.9 Å². The van der Waals surface area contributed by atoms with Crippen molar-refractivity contribution in [3.63, 3.8) is 0 Å². The fraction of sp³-hybridized carbons (Fsp3) is 0.333. The van der Waals surface area contributed by atoms with Crippen molar-refractivity contribution in [1.82, 2.24) is 10.2 Å². The van der Waals surface area contributed by atoms with Crippen molar-refractivity contribution >= 4 is 50.3 Å². The Bertz CT molecular complexity index is 781. The first kappa shape index (κ1) is 22.7. The Morgan fingerprint density at radius 3 is 2.39 bits per heavy atom. The van der Waals surface area contributed by atoms with Crippen LogP contribution >= 0.6 is 38.5 Å². The first-order valence-electron chi connectivity index (χ1n) is 9.10. The van der Waals surface area contributed by atoms with Gasteiger partial charge in [0.15, 0.2) is 6.61 Å². The van der Waals surface area contributed by atoms with Gasteiger partial charge in [-0.25, -0.2) is 0 Å². The predicted molar refractivity (Wildman–Crippen MR) is 122 cm³/mol. The summed E-state index contributed by atoms with van der Waals surface area (Å²) in [7, 11) is 0. The van der Waals surface area contributed by atoms with Gasteiger partial charge in [-0.2, -0.15) is 0 Å². The van der Waals surface area contributed by atoms with Crippen molar-refractivity contribution in [1.29, 1.82) is 0 Å². The maximum Gasteiger partial charge on any atom is 0.261 e. The van der Waals surface area contributed by atoms with Crippen LogP contribution in [0.15, 0.2) is 53.0 Å². The summed E-state index contributed by atoms with van der Waals surface area (Å²) in [6.45, 7) is 4.53. The summed E-state index contributed by atoms with van der Waals surface area (Å²) in [5.74, 6) is 0.225. The second-order valence-corrected chi connectivity index (χ2v) is 8.52. The maximum absolute atomic E-state index is 12.9. The van der Waals surface area contributed by atoms with Crippen LogP contribution in [0.5, 0.6) is 5.75 Å². The number of halogens is 2. The highest BCUT2D eigenvalue weighted by Gasteiger charge is 2.26. The van der Waals surface area contributed by atoms with Crippen molar-refractivity contribution < 1.29 is 14.3 Å². The molecule has 0 bridgehead atoms. The van der Waals surface area contributed by atoms with Gasteiger partial charge >= 0.3 is 0 Å². The van der Waals surface area contributed by atoms with Gasteiger partial charge in [-0.05, 0) is 77.9 Å². The average Bonchev–Trinajstić information content (AvgIpc) is 2.70. The largest absolute Gasteiger partial charge is 0.484 e. The molecule has 28 heavy (non-hydrogen) atoms. The van der Waals surface area contributed by atoms with Crippen LogP contribution in [0.25, 0.3) is 0 Å². The van der Waals surface area contributed by atoms with Crippen molar-refractivity contribution in [3.05, 3.63) is 62.1 Å². The van der Waals surface area contributed by atoms with Crippen LogP contribution in [0.1, 0.15) is 25.8 Å². The molecule has 7 heteroatoms. The second kappa shape index (κ2) is 11.4. The van der Waals surface area contributed by atoms with Gasteiger partial charge in [0.2, 0.25) is 5.91 Å². The fourth-order valence-corrected chi connectivity index (χ4v) is 3.15. The van der Waals surface area contributed by atoms with Crippen molar-refractivity contribution in [2.75, 3.05) is 13.2 Å². The number of hydrogen-bond acceptors (Lipinski definition) is 3. The molecule has 2 rings (SSSR count). The van der Waals surface area contributed by atoms with Gasteiger partial charge in [-0.15, -0.1) is 0 Å². The van der Waals surface area contributed by atoms with Crippen molar-refractivity contribution in [2.24, 2.45) is 0 Å². The molecule has 0 heterocycles. The fourth-order valence-electron chi connectivity index (χ4n) is 2.52. The van der Waals surface area contributed by atoms with Gasteiger partial charge in [0, 0.05) is 21.1 Å². The lowest BCUT2D eigenvalue weighted by molar-refractivity contribution is -0.142. The molecule has 0 saturated heterocycles. The molecule has 2 amide bonds. The predicted octanol–water partition coefficient (Wildman–Crippen LogP) is 4.38. The lowest BCUT2D eigenvalue weighted by Crippen LogP contribution is -2.49. The van der Waals surface area contributed by atoms with Gasteiger partial charge in [0.05, 0.1) is 0 Å². The first-order chi connectivity index (χ1) is 13.4. The van der Waals surface area contributed by atoms with Crippen LogP contribution in [-0.2, 0) is 16.1 Å². The molecule has 150 valence electrons. The van der Waals surface area contributed by atoms with Gasteiger partial charge in [-0.3, -0.25) is 9.59 Å². The Morgan fingerprint density at radius 2 is 1.79 bits per heavy atom. The molecular weight excluding hydrogens is 535 g/mol. The molecule has 0 spiro atoms. The lowest BCUT2D eigenvalue weighted by Gasteiger charge is -2.28. The van der Waals surface area contributed by atoms with Gasteiger partial charge in [0.25, 0.3) is 5.91 Å². The monoisotopic (exact) mass is 558 g/mol. The number of hydrogen-bond donors (Lipinski definition) is 1. The van der Waals surface area contributed by atoms with E-state index in [9.17, 15) is 9.59 Å². The van der Waals surface area contributed by atoms with Gasteiger partial charge < -0.3 is 15.0 Å². The molecule has 2 aromatic rings. The number of nitrogens with one attached hydrogen (secondary N) is 1. The number of benzene rings is 2. The number of nitrogens with zero attached hydrogens (tertiary/aromatic N) is 1. The molecular formula is C21H24BrIN2O3. The molecule has 0 radical (unpaired) electrons. The van der Waals surface area contributed by atoms with Gasteiger partial charge in [-0.1, -0.05) is 35.0 Å². The first-order valence-corrected chi connectivity index (χ1v) is 11.0. The summed E-state index contributed by atoms with van der Waals surface area (Å²) >= 11 is 5.62. The van der Waals surface area contributed by atoms with E-state index in [2.05, 4.69) is 43.8 Å². The summed E-state index contributed by atoms with van der Waals surface area (Å²) in [6, 6.07) is 14.6. The second-order valence-electron chi connectivity index (χ2n) is 6.36. The summed E-state index contributed by atoms with van der Waals surface area (Å²) < 4.78 is 7.69. The van der Waals surface area contributed by atoms with Crippen LogP contribution in [0, 0.1) is 3.57 Å². The van der Waals surface area contributed by atoms with E-state index in [4.69, 9.17) is 4.74 Å². The normalized spacial score (nSPS) is 11.6. The molecule has 0 aliphatic rings. The van der Waals surface area contributed by atoms with Crippen LogP contribution < -0.4 is 10.1 Å². The molecule has 1 N–H and O–H groups in total. The third-order valence-corrected chi connectivity index (χ3v) is 5.41. The Hall–Kier alpha value is -1.61. The minimum Gasteiger partial charge on any atom is -0.484 e. The number of carbonyl (C=O) groups is 2. The summed E-state index contributed by atoms with van der Waals surface area (Å²) in [6.07, 6.45) is 0.842. The van der Waals surface area contributed by atoms with Crippen LogP contribution in [0.3, 0.4) is 0 Å². The standard InChI is InChI=1S/C21H24BrIN2O3/c1-3-12-24-21(27)15(2)25(13-16-4-6-17(22)7-5-16)20(26)14-28-19-10-8-18(23)9-11-19/h4-11,15H,3,12-14H2,1-2H3,(H,24,27)/t15-/m0/s1. The third-order valence-electron chi connectivity index (χ3n) is 4.16. The number of rotatable bonds is 9. The average molecular weight is 559 g/mol. The van der Waals surface area contributed by atoms with Crippen molar-refractivity contribution in [3.8, 4) is 5.75 Å². The number of amides is 2. The van der Waals surface area contributed by atoms with E-state index in [1.165, 1.54) is 0 Å². The van der Waals surface area contributed by atoms with Crippen LogP contribution in [0.2, 0.25) is 0 Å². The Kier molecular flexibility index (Phi) is 9.24. The molecule has 2 aromatic carbocycles. The topological polar surface area (TPSA) is 58.6 Å². The highest BCUT2D eigenvalue weighted by atomic mass is 127. The molecule has 0 unspecified atom stereocenters. The van der Waals surface area contributed by atoms with Crippen molar-refractivity contribution in [2.45, 2.75) is 32.9 Å². The van der Waals surface area contributed by atoms with E-state index in [0.717, 1.165) is 20.0 Å². The quantitative estimate of drug-likeness (QED) is 0.465. The zero-order valence-corrected chi connectivity index (χ0v) is 19.7. The van der Waals surface area contributed by atoms with E-state index in [1.54, 1.807) is 11.8 Å². The van der Waals surface area contributed by atoms with Gasteiger partial charge in [0.1, 0.15) is 11.8 Å². The molecule has 0 aliphatic carbocycles. The minimum atomic E-state index is -0.594. The molecule has 0 fully saturated rings. The Labute approximate surface area is 188 Å². The molecule has 5 nitrogen and oxygen atoms in total. The molecule has 0 aliphatic heterocycles. The minimum absolute atomic E-state index is 0.123. The van der Waals surface area contributed by atoms with E-state index >= 15 is 0 Å².